The summed E-state index contributed by atoms with van der Waals surface area (Å²) in [5.41, 5.74) is -0.832. The van der Waals surface area contributed by atoms with E-state index in [1.807, 2.05) is 0 Å². The zero-order valence-corrected chi connectivity index (χ0v) is 11.1. The molecule has 3 N–H and O–H groups in total. The summed E-state index contributed by atoms with van der Waals surface area (Å²) in [4.78, 5) is 6.87. The van der Waals surface area contributed by atoms with Gasteiger partial charge in [0.2, 0.25) is 5.82 Å². The Morgan fingerprint density at radius 1 is 1.25 bits per heavy atom. The van der Waals surface area contributed by atoms with E-state index in [1.54, 1.807) is 6.92 Å². The van der Waals surface area contributed by atoms with Crippen LogP contribution < -0.4 is 10.6 Å². The van der Waals surface area contributed by atoms with E-state index in [-0.39, 0.29) is 18.2 Å². The molecule has 0 spiro atoms. The largest absolute Gasteiger partial charge is 0.451 e. The summed E-state index contributed by atoms with van der Waals surface area (Å²) in [5, 5.41) is 15.4. The highest BCUT2D eigenvalue weighted by Crippen LogP contribution is 2.32. The molecule has 0 bridgehead atoms. The van der Waals surface area contributed by atoms with Gasteiger partial charge in [-0.05, 0) is 26.2 Å². The minimum Gasteiger partial charge on any atom is -0.388 e. The van der Waals surface area contributed by atoms with Crippen LogP contribution in [0, 0.1) is 0 Å². The lowest BCUT2D eigenvalue weighted by Crippen LogP contribution is -2.43. The van der Waals surface area contributed by atoms with Gasteiger partial charge in [-0.3, -0.25) is 0 Å². The van der Waals surface area contributed by atoms with Crippen LogP contribution in [0.15, 0.2) is 6.07 Å². The van der Waals surface area contributed by atoms with Crippen LogP contribution in [0.5, 0.6) is 0 Å². The average Bonchev–Trinajstić information content (AvgIpc) is 2.33. The van der Waals surface area contributed by atoms with Crippen molar-refractivity contribution in [2.45, 2.75) is 38.0 Å². The van der Waals surface area contributed by atoms with Gasteiger partial charge in [0.1, 0.15) is 11.6 Å². The van der Waals surface area contributed by atoms with Crippen LogP contribution in [0.25, 0.3) is 0 Å². The molecule has 1 saturated carbocycles. The minimum absolute atomic E-state index is 0.0589. The van der Waals surface area contributed by atoms with Gasteiger partial charge in [-0.2, -0.15) is 13.2 Å². The van der Waals surface area contributed by atoms with E-state index in [9.17, 15) is 18.3 Å². The van der Waals surface area contributed by atoms with Crippen molar-refractivity contribution in [2.75, 3.05) is 23.7 Å². The molecule has 0 aliphatic heterocycles. The van der Waals surface area contributed by atoms with Gasteiger partial charge in [-0.1, -0.05) is 0 Å². The molecule has 0 amide bonds. The molecule has 2 rings (SSSR count). The zero-order chi connectivity index (χ0) is 14.8. The van der Waals surface area contributed by atoms with Crippen LogP contribution in [-0.2, 0) is 6.18 Å². The number of rotatable bonds is 5. The quantitative estimate of drug-likeness (QED) is 0.776. The topological polar surface area (TPSA) is 70.1 Å². The molecule has 5 nitrogen and oxygen atoms in total. The number of aliphatic hydroxyl groups is 1. The fourth-order valence-corrected chi connectivity index (χ4v) is 1.95. The second-order valence-corrected chi connectivity index (χ2v) is 4.92. The lowest BCUT2D eigenvalue weighted by atomic mass is 9.80. The molecule has 1 aromatic heterocycles. The standard InChI is InChI=1S/C12H17F3N4O/c1-2-16-8-6-9(17-7-11(20)4-3-5-11)19-10(18-8)12(13,14)15/h6,20H,2-5,7H2,1H3,(H2,16,17,18,19). The van der Waals surface area contributed by atoms with Crippen molar-refractivity contribution in [3.63, 3.8) is 0 Å². The SMILES string of the molecule is CCNc1cc(NCC2(O)CCC2)nc(C(F)(F)F)n1. The highest BCUT2D eigenvalue weighted by molar-refractivity contribution is 5.48. The molecule has 1 aliphatic carbocycles. The molecule has 20 heavy (non-hydrogen) atoms. The maximum absolute atomic E-state index is 12.7. The minimum atomic E-state index is -4.60. The summed E-state index contributed by atoms with van der Waals surface area (Å²) in [6.07, 6.45) is -2.37. The van der Waals surface area contributed by atoms with Gasteiger partial charge in [-0.25, -0.2) is 9.97 Å². The van der Waals surface area contributed by atoms with Crippen LogP contribution in [0.3, 0.4) is 0 Å². The molecular formula is C12H17F3N4O. The Bertz CT molecular complexity index is 474. The Labute approximate surface area is 114 Å². The first-order valence-electron chi connectivity index (χ1n) is 6.49. The van der Waals surface area contributed by atoms with Gasteiger partial charge in [-0.15, -0.1) is 0 Å². The Morgan fingerprint density at radius 2 is 1.85 bits per heavy atom. The first-order chi connectivity index (χ1) is 9.32. The molecule has 0 radical (unpaired) electrons. The second-order valence-electron chi connectivity index (χ2n) is 4.92. The maximum atomic E-state index is 12.7. The Balaban J connectivity index is 2.15. The molecule has 0 aromatic carbocycles. The van der Waals surface area contributed by atoms with E-state index < -0.39 is 17.6 Å². The third-order valence-corrected chi connectivity index (χ3v) is 3.22. The highest BCUT2D eigenvalue weighted by atomic mass is 19.4. The van der Waals surface area contributed by atoms with Gasteiger partial charge in [0.25, 0.3) is 0 Å². The molecule has 112 valence electrons. The van der Waals surface area contributed by atoms with E-state index in [0.717, 1.165) is 6.42 Å². The van der Waals surface area contributed by atoms with E-state index in [0.29, 0.717) is 19.4 Å². The average molecular weight is 290 g/mol. The summed E-state index contributed by atoms with van der Waals surface area (Å²) < 4.78 is 38.1. The lowest BCUT2D eigenvalue weighted by molar-refractivity contribution is -0.144. The number of hydrogen-bond acceptors (Lipinski definition) is 5. The summed E-state index contributed by atoms with van der Waals surface area (Å²) >= 11 is 0. The van der Waals surface area contributed by atoms with Gasteiger partial charge < -0.3 is 15.7 Å². The summed E-state index contributed by atoms with van der Waals surface area (Å²) in [5.74, 6) is -1.03. The number of aromatic nitrogens is 2. The number of alkyl halides is 3. The Morgan fingerprint density at radius 3 is 2.30 bits per heavy atom. The third-order valence-electron chi connectivity index (χ3n) is 3.22. The number of anilines is 2. The highest BCUT2D eigenvalue weighted by Gasteiger charge is 2.36. The van der Waals surface area contributed by atoms with E-state index in [1.165, 1.54) is 6.07 Å². The monoisotopic (exact) mass is 290 g/mol. The first-order valence-corrected chi connectivity index (χ1v) is 6.49. The number of halogens is 3. The number of nitrogens with one attached hydrogen (secondary N) is 2. The van der Waals surface area contributed by atoms with Crippen molar-refractivity contribution in [3.8, 4) is 0 Å². The van der Waals surface area contributed by atoms with Gasteiger partial charge >= 0.3 is 6.18 Å². The maximum Gasteiger partial charge on any atom is 0.451 e. The van der Waals surface area contributed by atoms with Gasteiger partial charge in [0.15, 0.2) is 0 Å². The van der Waals surface area contributed by atoms with Crippen LogP contribution in [-0.4, -0.2) is 33.8 Å². The molecule has 0 saturated heterocycles. The van der Waals surface area contributed by atoms with Crippen molar-refractivity contribution in [3.05, 3.63) is 11.9 Å². The second kappa shape index (κ2) is 5.43. The van der Waals surface area contributed by atoms with Crippen molar-refractivity contribution in [1.82, 2.24) is 9.97 Å². The predicted octanol–water partition coefficient (Wildman–Crippen LogP) is 2.25. The molecule has 1 fully saturated rings. The fraction of sp³-hybridized carbons (Fsp3) is 0.667. The molecule has 0 unspecified atom stereocenters. The van der Waals surface area contributed by atoms with Crippen molar-refractivity contribution >= 4 is 11.6 Å². The molecule has 1 aliphatic rings. The molecule has 1 aromatic rings. The van der Waals surface area contributed by atoms with E-state index >= 15 is 0 Å². The molecular weight excluding hydrogens is 273 g/mol. The predicted molar refractivity (Wildman–Crippen MR) is 68.5 cm³/mol. The van der Waals surface area contributed by atoms with Crippen molar-refractivity contribution < 1.29 is 18.3 Å². The van der Waals surface area contributed by atoms with Crippen LogP contribution in [0.4, 0.5) is 24.8 Å². The molecule has 1 heterocycles. The van der Waals surface area contributed by atoms with Gasteiger partial charge in [0.05, 0.1) is 5.60 Å². The van der Waals surface area contributed by atoms with Gasteiger partial charge in [0, 0.05) is 19.2 Å². The normalized spacial score (nSPS) is 17.4. The first kappa shape index (κ1) is 14.8. The smallest absolute Gasteiger partial charge is 0.388 e. The summed E-state index contributed by atoms with van der Waals surface area (Å²) in [7, 11) is 0. The van der Waals surface area contributed by atoms with Crippen molar-refractivity contribution in [1.29, 1.82) is 0 Å². The van der Waals surface area contributed by atoms with E-state index in [4.69, 9.17) is 0 Å². The van der Waals surface area contributed by atoms with Crippen molar-refractivity contribution in [2.24, 2.45) is 0 Å². The van der Waals surface area contributed by atoms with Crippen LogP contribution in [0.1, 0.15) is 32.0 Å². The number of nitrogens with zero attached hydrogens (tertiary/aromatic N) is 2. The lowest BCUT2D eigenvalue weighted by Gasteiger charge is -2.36. The Hall–Kier alpha value is -1.57. The summed E-state index contributed by atoms with van der Waals surface area (Å²) in [6, 6.07) is 1.40. The fourth-order valence-electron chi connectivity index (χ4n) is 1.95. The van der Waals surface area contributed by atoms with Crippen LogP contribution in [0.2, 0.25) is 0 Å². The Kier molecular flexibility index (Phi) is 4.03. The molecule has 8 heteroatoms. The molecule has 0 atom stereocenters. The van der Waals surface area contributed by atoms with Crippen LogP contribution >= 0.6 is 0 Å². The van der Waals surface area contributed by atoms with E-state index in [2.05, 4.69) is 20.6 Å². The third kappa shape index (κ3) is 3.50. The zero-order valence-electron chi connectivity index (χ0n) is 11.1. The number of hydrogen-bond donors (Lipinski definition) is 3. The summed E-state index contributed by atoms with van der Waals surface area (Å²) in [6.45, 7) is 2.41.